The van der Waals surface area contributed by atoms with Crippen molar-refractivity contribution in [3.05, 3.63) is 34.9 Å². The van der Waals surface area contributed by atoms with E-state index >= 15 is 0 Å². The smallest absolute Gasteiger partial charge is 0.172 e. The highest BCUT2D eigenvalue weighted by Gasteiger charge is 2.40. The van der Waals surface area contributed by atoms with E-state index in [1.54, 1.807) is 0 Å². The van der Waals surface area contributed by atoms with Crippen molar-refractivity contribution < 1.29 is 13.6 Å². The maximum Gasteiger partial charge on any atom is 0.172 e. The van der Waals surface area contributed by atoms with E-state index in [0.29, 0.717) is 12.8 Å². The van der Waals surface area contributed by atoms with Gasteiger partial charge in [-0.15, -0.1) is 0 Å². The van der Waals surface area contributed by atoms with Crippen molar-refractivity contribution >= 4 is 5.78 Å². The molecule has 20 heavy (non-hydrogen) atoms. The number of nitrogens with one attached hydrogen (secondary N) is 1. The fraction of sp³-hybridized carbons (Fsp3) is 0.562. The van der Waals surface area contributed by atoms with Crippen LogP contribution in [0.4, 0.5) is 8.78 Å². The summed E-state index contributed by atoms with van der Waals surface area (Å²) in [5.41, 5.74) is -0.403. The summed E-state index contributed by atoms with van der Waals surface area (Å²) in [5.74, 6) is -2.14. The molecule has 1 fully saturated rings. The first-order chi connectivity index (χ1) is 9.52. The van der Waals surface area contributed by atoms with E-state index in [0.717, 1.165) is 25.9 Å². The van der Waals surface area contributed by atoms with Crippen molar-refractivity contribution in [1.82, 2.24) is 5.32 Å². The topological polar surface area (TPSA) is 29.1 Å². The van der Waals surface area contributed by atoms with E-state index in [9.17, 15) is 13.6 Å². The third-order valence-electron chi connectivity index (χ3n) is 4.29. The van der Waals surface area contributed by atoms with Crippen LogP contribution in [0.15, 0.2) is 12.1 Å². The van der Waals surface area contributed by atoms with Crippen LogP contribution in [0.2, 0.25) is 0 Å². The minimum absolute atomic E-state index is 0.0940. The Hall–Kier alpha value is -1.29. The Morgan fingerprint density at radius 3 is 2.50 bits per heavy atom. The average molecular weight is 281 g/mol. The van der Waals surface area contributed by atoms with Gasteiger partial charge in [-0.2, -0.15) is 0 Å². The predicted molar refractivity (Wildman–Crippen MR) is 74.9 cm³/mol. The largest absolute Gasteiger partial charge is 0.317 e. The number of Topliss-reactive ketones (excluding diaryl/α,β-unsaturated/α-hetero) is 1. The molecule has 1 aliphatic rings. The molecule has 1 aromatic carbocycles. The van der Waals surface area contributed by atoms with Crippen LogP contribution in [-0.4, -0.2) is 18.9 Å². The Kier molecular flexibility index (Phi) is 4.53. The fourth-order valence-electron chi connectivity index (χ4n) is 3.08. The van der Waals surface area contributed by atoms with E-state index in [1.807, 2.05) is 6.92 Å². The second kappa shape index (κ2) is 6.00. The molecule has 1 N–H and O–H groups in total. The van der Waals surface area contributed by atoms with Gasteiger partial charge in [-0.3, -0.25) is 4.79 Å². The van der Waals surface area contributed by atoms with Crippen LogP contribution >= 0.6 is 0 Å². The third kappa shape index (κ3) is 2.62. The molecule has 1 aliphatic heterocycles. The highest BCUT2D eigenvalue weighted by molar-refractivity contribution is 6.01. The van der Waals surface area contributed by atoms with Crippen LogP contribution in [0.25, 0.3) is 0 Å². The average Bonchev–Trinajstić information content (AvgIpc) is 2.46. The minimum atomic E-state index is -0.996. The summed E-state index contributed by atoms with van der Waals surface area (Å²) in [4.78, 5) is 12.8. The quantitative estimate of drug-likeness (QED) is 0.854. The number of piperidine rings is 1. The molecule has 2 rings (SSSR count). The Morgan fingerprint density at radius 2 is 1.90 bits per heavy atom. The predicted octanol–water partition coefficient (Wildman–Crippen LogP) is 3.63. The number of aryl methyl sites for hydroxylation is 1. The standard InChI is InChI=1S/C16H21F2NO/c1-3-6-16(7-9-19-10-8-16)15(20)12-5-4-11(2)13(17)14(12)18/h4-5,19H,3,6-10H2,1-2H3. The number of hydrogen-bond acceptors (Lipinski definition) is 2. The molecule has 0 bridgehead atoms. The van der Waals surface area contributed by atoms with Crippen LogP contribution in [0, 0.1) is 24.0 Å². The Bertz CT molecular complexity index is 502. The second-order valence-corrected chi connectivity index (χ2v) is 5.67. The van der Waals surface area contributed by atoms with Gasteiger partial charge < -0.3 is 5.32 Å². The SMILES string of the molecule is CCCC1(C(=O)c2ccc(C)c(F)c2F)CCNCC1. The molecule has 0 amide bonds. The van der Waals surface area contributed by atoms with Gasteiger partial charge in [0.1, 0.15) is 0 Å². The van der Waals surface area contributed by atoms with Gasteiger partial charge in [-0.25, -0.2) is 8.78 Å². The molecule has 4 heteroatoms. The van der Waals surface area contributed by atoms with Gasteiger partial charge >= 0.3 is 0 Å². The van der Waals surface area contributed by atoms with Crippen molar-refractivity contribution in [2.24, 2.45) is 5.41 Å². The normalized spacial score (nSPS) is 18.0. The summed E-state index contributed by atoms with van der Waals surface area (Å²) in [5, 5.41) is 3.22. The van der Waals surface area contributed by atoms with E-state index < -0.39 is 17.0 Å². The zero-order chi connectivity index (χ0) is 14.8. The first kappa shape index (κ1) is 15.1. The van der Waals surface area contributed by atoms with E-state index in [2.05, 4.69) is 5.32 Å². The molecule has 1 aromatic rings. The molecule has 1 heterocycles. The lowest BCUT2D eigenvalue weighted by atomic mass is 9.70. The molecule has 0 atom stereocenters. The van der Waals surface area contributed by atoms with Crippen molar-refractivity contribution in [2.75, 3.05) is 13.1 Å². The zero-order valence-electron chi connectivity index (χ0n) is 12.1. The molecule has 0 unspecified atom stereocenters. The molecule has 0 aliphatic carbocycles. The van der Waals surface area contributed by atoms with Crippen molar-refractivity contribution in [1.29, 1.82) is 0 Å². The maximum absolute atomic E-state index is 14.1. The summed E-state index contributed by atoms with van der Waals surface area (Å²) < 4.78 is 27.8. The van der Waals surface area contributed by atoms with Crippen LogP contribution < -0.4 is 5.32 Å². The molecular weight excluding hydrogens is 260 g/mol. The van der Waals surface area contributed by atoms with E-state index in [1.165, 1.54) is 19.1 Å². The zero-order valence-corrected chi connectivity index (χ0v) is 12.1. The maximum atomic E-state index is 14.1. The number of carbonyl (C=O) groups is 1. The van der Waals surface area contributed by atoms with Gasteiger partial charge in [-0.1, -0.05) is 19.4 Å². The third-order valence-corrected chi connectivity index (χ3v) is 4.29. The Labute approximate surface area is 118 Å². The summed E-state index contributed by atoms with van der Waals surface area (Å²) in [6, 6.07) is 2.90. The van der Waals surface area contributed by atoms with Crippen LogP contribution in [0.3, 0.4) is 0 Å². The van der Waals surface area contributed by atoms with Crippen molar-refractivity contribution in [2.45, 2.75) is 39.5 Å². The van der Waals surface area contributed by atoms with Gasteiger partial charge in [0.15, 0.2) is 17.4 Å². The number of halogens is 2. The summed E-state index contributed by atoms with van der Waals surface area (Å²) in [7, 11) is 0. The fourth-order valence-corrected chi connectivity index (χ4v) is 3.08. The summed E-state index contributed by atoms with van der Waals surface area (Å²) >= 11 is 0. The molecule has 0 aromatic heterocycles. The van der Waals surface area contributed by atoms with E-state index in [4.69, 9.17) is 0 Å². The summed E-state index contributed by atoms with van der Waals surface area (Å²) in [6.45, 7) is 5.02. The molecule has 0 spiro atoms. The van der Waals surface area contributed by atoms with Crippen LogP contribution in [-0.2, 0) is 0 Å². The first-order valence-corrected chi connectivity index (χ1v) is 7.22. The minimum Gasteiger partial charge on any atom is -0.317 e. The molecule has 110 valence electrons. The van der Waals surface area contributed by atoms with Crippen LogP contribution in [0.5, 0.6) is 0 Å². The summed E-state index contributed by atoms with van der Waals surface area (Å²) in [6.07, 6.45) is 2.97. The van der Waals surface area contributed by atoms with Gasteiger partial charge in [0.25, 0.3) is 0 Å². The number of benzene rings is 1. The van der Waals surface area contributed by atoms with Gasteiger partial charge in [0.05, 0.1) is 5.56 Å². The van der Waals surface area contributed by atoms with Gasteiger partial charge in [0, 0.05) is 5.41 Å². The van der Waals surface area contributed by atoms with Gasteiger partial charge in [0.2, 0.25) is 0 Å². The lowest BCUT2D eigenvalue weighted by Gasteiger charge is -2.36. The van der Waals surface area contributed by atoms with Crippen molar-refractivity contribution in [3.8, 4) is 0 Å². The number of ketones is 1. The molecule has 2 nitrogen and oxygen atoms in total. The first-order valence-electron chi connectivity index (χ1n) is 7.22. The van der Waals surface area contributed by atoms with Crippen LogP contribution in [0.1, 0.15) is 48.5 Å². The molecule has 0 radical (unpaired) electrons. The van der Waals surface area contributed by atoms with E-state index in [-0.39, 0.29) is 16.9 Å². The molecule has 0 saturated carbocycles. The van der Waals surface area contributed by atoms with Gasteiger partial charge in [-0.05, 0) is 50.9 Å². The Morgan fingerprint density at radius 1 is 1.25 bits per heavy atom. The highest BCUT2D eigenvalue weighted by atomic mass is 19.2. The second-order valence-electron chi connectivity index (χ2n) is 5.67. The Balaban J connectivity index is 2.40. The molecular formula is C16H21F2NO. The van der Waals surface area contributed by atoms with Crippen molar-refractivity contribution in [3.63, 3.8) is 0 Å². The lowest BCUT2D eigenvalue weighted by molar-refractivity contribution is 0.0698. The molecule has 1 saturated heterocycles. The number of carbonyl (C=O) groups excluding carboxylic acids is 1. The lowest BCUT2D eigenvalue weighted by Crippen LogP contribution is -2.42. The number of rotatable bonds is 4. The monoisotopic (exact) mass is 281 g/mol. The highest BCUT2D eigenvalue weighted by Crippen LogP contribution is 2.38. The number of hydrogen-bond donors (Lipinski definition) is 1.